The van der Waals surface area contributed by atoms with Crippen molar-refractivity contribution in [2.24, 2.45) is 0 Å². The molecule has 1 heterocycles. The summed E-state index contributed by atoms with van der Waals surface area (Å²) in [5, 5.41) is 8.77. The van der Waals surface area contributed by atoms with Crippen LogP contribution in [0, 0.1) is 6.92 Å². The zero-order valence-electron chi connectivity index (χ0n) is 13.4. The normalized spacial score (nSPS) is 11.0. The van der Waals surface area contributed by atoms with Gasteiger partial charge in [-0.3, -0.25) is 0 Å². The fourth-order valence-electron chi connectivity index (χ4n) is 2.27. The number of hydrogen-bond acceptors (Lipinski definition) is 5. The molecule has 0 spiro atoms. The van der Waals surface area contributed by atoms with Crippen LogP contribution in [0.25, 0.3) is 11.4 Å². The average Bonchev–Trinajstić information content (AvgIpc) is 2.95. The summed E-state index contributed by atoms with van der Waals surface area (Å²) in [6.07, 6.45) is 0. The van der Waals surface area contributed by atoms with Crippen LogP contribution in [0.5, 0.6) is 5.75 Å². The van der Waals surface area contributed by atoms with E-state index in [0.717, 1.165) is 5.75 Å². The minimum absolute atomic E-state index is 0.0796. The summed E-state index contributed by atoms with van der Waals surface area (Å²) < 4.78 is 30.1. The molecule has 2 aromatic carbocycles. The van der Waals surface area contributed by atoms with Crippen molar-refractivity contribution in [3.05, 3.63) is 59.7 Å². The molecule has 0 bridgehead atoms. The van der Waals surface area contributed by atoms with Crippen LogP contribution in [-0.4, -0.2) is 21.5 Å². The summed E-state index contributed by atoms with van der Waals surface area (Å²) in [6, 6.07) is 14.2. The lowest BCUT2D eigenvalue weighted by atomic mass is 10.1. The van der Waals surface area contributed by atoms with E-state index in [0.29, 0.717) is 16.5 Å². The number of benzene rings is 2. The van der Waals surface area contributed by atoms with Gasteiger partial charge in [-0.2, -0.15) is 8.78 Å². The Balaban J connectivity index is 1.73. The Hall–Kier alpha value is -2.61. The SMILES string of the molecule is Cc1ccccc1CSc1nnc(-c2ccc(OC(F)F)cc2)n1N. The quantitative estimate of drug-likeness (QED) is 0.533. The topological polar surface area (TPSA) is 66.0 Å². The lowest BCUT2D eigenvalue weighted by molar-refractivity contribution is -0.0498. The molecule has 0 amide bonds. The van der Waals surface area contributed by atoms with Crippen molar-refractivity contribution < 1.29 is 13.5 Å². The second kappa shape index (κ2) is 7.52. The van der Waals surface area contributed by atoms with Gasteiger partial charge in [0.25, 0.3) is 0 Å². The summed E-state index contributed by atoms with van der Waals surface area (Å²) in [6.45, 7) is -0.800. The number of hydrogen-bond donors (Lipinski definition) is 1. The van der Waals surface area contributed by atoms with Crippen LogP contribution in [0.2, 0.25) is 0 Å². The van der Waals surface area contributed by atoms with Crippen LogP contribution < -0.4 is 10.6 Å². The maximum Gasteiger partial charge on any atom is 0.387 e. The van der Waals surface area contributed by atoms with Gasteiger partial charge in [0.2, 0.25) is 5.16 Å². The zero-order chi connectivity index (χ0) is 17.8. The van der Waals surface area contributed by atoms with Gasteiger partial charge >= 0.3 is 6.61 Å². The number of halogens is 2. The van der Waals surface area contributed by atoms with Gasteiger partial charge in [-0.25, -0.2) is 4.68 Å². The molecule has 0 atom stereocenters. The lowest BCUT2D eigenvalue weighted by Crippen LogP contribution is -2.11. The third kappa shape index (κ3) is 4.08. The molecule has 0 unspecified atom stereocenters. The minimum atomic E-state index is -2.85. The van der Waals surface area contributed by atoms with E-state index in [1.54, 1.807) is 12.1 Å². The van der Waals surface area contributed by atoms with Crippen LogP contribution in [-0.2, 0) is 5.75 Å². The zero-order valence-corrected chi connectivity index (χ0v) is 14.2. The van der Waals surface area contributed by atoms with E-state index in [-0.39, 0.29) is 5.75 Å². The Morgan fingerprint density at radius 3 is 2.52 bits per heavy atom. The van der Waals surface area contributed by atoms with E-state index in [1.807, 2.05) is 12.1 Å². The second-order valence-electron chi connectivity index (χ2n) is 5.29. The largest absolute Gasteiger partial charge is 0.435 e. The number of nitrogen functional groups attached to an aromatic ring is 1. The summed E-state index contributed by atoms with van der Waals surface area (Å²) in [7, 11) is 0. The van der Waals surface area contributed by atoms with Gasteiger partial charge in [-0.15, -0.1) is 10.2 Å². The van der Waals surface area contributed by atoms with Crippen molar-refractivity contribution in [2.45, 2.75) is 24.4 Å². The molecule has 0 aliphatic carbocycles. The van der Waals surface area contributed by atoms with Crippen LogP contribution in [0.1, 0.15) is 11.1 Å². The van der Waals surface area contributed by atoms with Crippen LogP contribution in [0.4, 0.5) is 8.78 Å². The molecule has 0 aliphatic heterocycles. The molecule has 0 radical (unpaired) electrons. The number of rotatable bonds is 6. The van der Waals surface area contributed by atoms with Crippen molar-refractivity contribution in [1.29, 1.82) is 0 Å². The van der Waals surface area contributed by atoms with Crippen molar-refractivity contribution >= 4 is 11.8 Å². The molecule has 0 fully saturated rings. The Morgan fingerprint density at radius 2 is 1.84 bits per heavy atom. The van der Waals surface area contributed by atoms with Crippen LogP contribution >= 0.6 is 11.8 Å². The second-order valence-corrected chi connectivity index (χ2v) is 6.24. The predicted molar refractivity (Wildman–Crippen MR) is 93.0 cm³/mol. The monoisotopic (exact) mass is 362 g/mol. The number of aromatic nitrogens is 3. The molecular weight excluding hydrogens is 346 g/mol. The van der Waals surface area contributed by atoms with Crippen molar-refractivity contribution in [3.63, 3.8) is 0 Å². The number of ether oxygens (including phenoxy) is 1. The van der Waals surface area contributed by atoms with Crippen LogP contribution in [0.15, 0.2) is 53.7 Å². The number of aryl methyl sites for hydroxylation is 1. The van der Waals surface area contributed by atoms with Crippen molar-refractivity contribution in [1.82, 2.24) is 14.9 Å². The van der Waals surface area contributed by atoms with E-state index < -0.39 is 6.61 Å². The fraction of sp³-hybridized carbons (Fsp3) is 0.176. The van der Waals surface area contributed by atoms with Gasteiger partial charge in [0.15, 0.2) is 5.82 Å². The molecule has 0 aliphatic rings. The van der Waals surface area contributed by atoms with E-state index in [9.17, 15) is 8.78 Å². The van der Waals surface area contributed by atoms with Crippen molar-refractivity contribution in [2.75, 3.05) is 5.84 Å². The Kier molecular flexibility index (Phi) is 5.18. The molecule has 5 nitrogen and oxygen atoms in total. The van der Waals surface area contributed by atoms with E-state index >= 15 is 0 Å². The number of nitrogens with two attached hydrogens (primary N) is 1. The molecule has 8 heteroatoms. The summed E-state index contributed by atoms with van der Waals surface area (Å²) in [4.78, 5) is 0. The van der Waals surface area contributed by atoms with Gasteiger partial charge < -0.3 is 10.6 Å². The van der Waals surface area contributed by atoms with Gasteiger partial charge in [-0.05, 0) is 42.3 Å². The lowest BCUT2D eigenvalue weighted by Gasteiger charge is -2.07. The summed E-state index contributed by atoms with van der Waals surface area (Å²) >= 11 is 1.48. The Labute approximate surface area is 147 Å². The molecule has 3 aromatic rings. The fourth-order valence-corrected chi connectivity index (χ4v) is 3.20. The van der Waals surface area contributed by atoms with E-state index in [1.165, 1.54) is 39.7 Å². The van der Waals surface area contributed by atoms with Gasteiger partial charge in [0.05, 0.1) is 0 Å². The van der Waals surface area contributed by atoms with Crippen molar-refractivity contribution in [3.8, 4) is 17.1 Å². The third-order valence-corrected chi connectivity index (χ3v) is 4.61. The molecule has 130 valence electrons. The third-order valence-electron chi connectivity index (χ3n) is 3.62. The standard InChI is InChI=1S/C17H16F2N4OS/c1-11-4-2-3-5-13(11)10-25-17-22-21-15(23(17)20)12-6-8-14(9-7-12)24-16(18)19/h2-9,16H,10,20H2,1H3. The number of nitrogens with zero attached hydrogens (tertiary/aromatic N) is 3. The number of thioether (sulfide) groups is 1. The minimum Gasteiger partial charge on any atom is -0.435 e. The van der Waals surface area contributed by atoms with E-state index in [2.05, 4.69) is 34.0 Å². The molecule has 25 heavy (non-hydrogen) atoms. The highest BCUT2D eigenvalue weighted by Crippen LogP contribution is 2.26. The van der Waals surface area contributed by atoms with Gasteiger partial charge in [0, 0.05) is 11.3 Å². The summed E-state index contributed by atoms with van der Waals surface area (Å²) in [5.74, 6) is 7.34. The maximum absolute atomic E-state index is 12.2. The average molecular weight is 362 g/mol. The first kappa shape index (κ1) is 17.2. The molecule has 0 saturated heterocycles. The predicted octanol–water partition coefficient (Wildman–Crippen LogP) is 3.86. The smallest absolute Gasteiger partial charge is 0.387 e. The highest BCUT2D eigenvalue weighted by atomic mass is 32.2. The molecule has 3 rings (SSSR count). The first-order valence-corrected chi connectivity index (χ1v) is 8.46. The Morgan fingerprint density at radius 1 is 1.12 bits per heavy atom. The highest BCUT2D eigenvalue weighted by molar-refractivity contribution is 7.98. The first-order valence-electron chi connectivity index (χ1n) is 7.47. The van der Waals surface area contributed by atoms with Gasteiger partial charge in [-0.1, -0.05) is 36.0 Å². The maximum atomic E-state index is 12.2. The summed E-state index contributed by atoms with van der Waals surface area (Å²) in [5.41, 5.74) is 3.07. The molecular formula is C17H16F2N4OS. The highest BCUT2D eigenvalue weighted by Gasteiger charge is 2.13. The first-order chi connectivity index (χ1) is 12.0. The molecule has 0 saturated carbocycles. The number of alkyl halides is 2. The van der Waals surface area contributed by atoms with E-state index in [4.69, 9.17) is 5.84 Å². The Bertz CT molecular complexity index is 852. The molecule has 2 N–H and O–H groups in total. The van der Waals surface area contributed by atoms with Gasteiger partial charge in [0.1, 0.15) is 5.75 Å². The van der Waals surface area contributed by atoms with Crippen LogP contribution in [0.3, 0.4) is 0 Å². The molecule has 1 aromatic heterocycles.